The number of nitrogens with one attached hydrogen (secondary N) is 1. The summed E-state index contributed by atoms with van der Waals surface area (Å²) >= 11 is 0. The van der Waals surface area contributed by atoms with Crippen molar-refractivity contribution in [2.75, 3.05) is 10.2 Å². The molecule has 5 heteroatoms. The Kier molecular flexibility index (Phi) is 4.44. The van der Waals surface area contributed by atoms with Gasteiger partial charge in [0.25, 0.3) is 5.91 Å². The number of ether oxygens (including phenoxy) is 1. The monoisotopic (exact) mass is 304 g/mol. The highest BCUT2D eigenvalue weighted by Crippen LogP contribution is 2.37. The molecule has 0 spiro atoms. The molecule has 2 rings (SSSR count). The van der Waals surface area contributed by atoms with E-state index < -0.39 is 11.6 Å². The van der Waals surface area contributed by atoms with E-state index in [0.29, 0.717) is 6.42 Å². The average Bonchev–Trinajstić information content (AvgIpc) is 2.42. The molecule has 0 bridgehead atoms. The van der Waals surface area contributed by atoms with Crippen molar-refractivity contribution in [3.05, 3.63) is 24.3 Å². The zero-order chi connectivity index (χ0) is 16.5. The molecule has 1 unspecified atom stereocenters. The molecule has 0 saturated heterocycles. The summed E-state index contributed by atoms with van der Waals surface area (Å²) in [5, 5.41) is 3.23. The second-order valence-corrected chi connectivity index (χ2v) is 6.35. The van der Waals surface area contributed by atoms with Crippen molar-refractivity contribution in [1.29, 1.82) is 0 Å². The lowest BCUT2D eigenvalue weighted by Gasteiger charge is -2.42. The summed E-state index contributed by atoms with van der Waals surface area (Å²) in [4.78, 5) is 26.8. The van der Waals surface area contributed by atoms with Gasteiger partial charge in [-0.2, -0.15) is 0 Å². The first-order valence-electron chi connectivity index (χ1n) is 7.69. The molecular weight excluding hydrogens is 280 g/mol. The van der Waals surface area contributed by atoms with Gasteiger partial charge in [0, 0.05) is 0 Å². The van der Waals surface area contributed by atoms with Crippen LogP contribution in [0.2, 0.25) is 0 Å². The summed E-state index contributed by atoms with van der Waals surface area (Å²) in [7, 11) is 0. The van der Waals surface area contributed by atoms with E-state index in [2.05, 4.69) is 5.32 Å². The summed E-state index contributed by atoms with van der Waals surface area (Å²) in [6.07, 6.45) is 0.296. The van der Waals surface area contributed by atoms with E-state index in [1.807, 2.05) is 58.9 Å². The fraction of sp³-hybridized carbons (Fsp3) is 0.529. The SMILES string of the molecule is CCC(C(=O)OC(C)C)N1C(=O)C(C)(C)Nc2ccccc21. The molecule has 1 aromatic carbocycles. The van der Waals surface area contributed by atoms with Crippen LogP contribution in [0, 0.1) is 0 Å². The van der Waals surface area contributed by atoms with Gasteiger partial charge in [-0.3, -0.25) is 9.69 Å². The standard InChI is InChI=1S/C17H24N2O3/c1-6-13(15(20)22-11(2)3)19-14-10-8-7-9-12(14)18-17(4,5)16(19)21/h7-11,13,18H,6H2,1-5H3. The minimum Gasteiger partial charge on any atom is -0.461 e. The maximum absolute atomic E-state index is 12.9. The van der Waals surface area contributed by atoms with Gasteiger partial charge in [-0.1, -0.05) is 19.1 Å². The highest BCUT2D eigenvalue weighted by Gasteiger charge is 2.43. The van der Waals surface area contributed by atoms with Crippen LogP contribution in [0.4, 0.5) is 11.4 Å². The molecule has 1 N–H and O–H groups in total. The van der Waals surface area contributed by atoms with Crippen molar-refractivity contribution in [1.82, 2.24) is 0 Å². The normalized spacial score (nSPS) is 17.7. The molecule has 0 radical (unpaired) electrons. The summed E-state index contributed by atoms with van der Waals surface area (Å²) in [5.41, 5.74) is 0.808. The van der Waals surface area contributed by atoms with Gasteiger partial charge in [0.2, 0.25) is 0 Å². The number of carbonyl (C=O) groups is 2. The molecule has 0 aliphatic carbocycles. The molecule has 0 aromatic heterocycles. The third-order valence-corrected chi connectivity index (χ3v) is 3.69. The van der Waals surface area contributed by atoms with Crippen LogP contribution in [0.5, 0.6) is 0 Å². The topological polar surface area (TPSA) is 58.6 Å². The van der Waals surface area contributed by atoms with Crippen LogP contribution in [0.25, 0.3) is 0 Å². The Morgan fingerprint density at radius 1 is 1.32 bits per heavy atom. The first-order valence-corrected chi connectivity index (χ1v) is 7.69. The van der Waals surface area contributed by atoms with Crippen molar-refractivity contribution >= 4 is 23.3 Å². The fourth-order valence-corrected chi connectivity index (χ4v) is 2.67. The third-order valence-electron chi connectivity index (χ3n) is 3.69. The number of nitrogens with zero attached hydrogens (tertiary/aromatic N) is 1. The Balaban J connectivity index is 2.46. The maximum Gasteiger partial charge on any atom is 0.329 e. The van der Waals surface area contributed by atoms with Crippen LogP contribution in [0.1, 0.15) is 41.0 Å². The number of anilines is 2. The van der Waals surface area contributed by atoms with Crippen molar-refractivity contribution in [3.8, 4) is 0 Å². The predicted octanol–water partition coefficient (Wildman–Crippen LogP) is 2.95. The Hall–Kier alpha value is -2.04. The molecule has 1 aliphatic rings. The number of rotatable bonds is 4. The lowest BCUT2D eigenvalue weighted by molar-refractivity contribution is -0.150. The molecule has 1 amide bonds. The van der Waals surface area contributed by atoms with Crippen molar-refractivity contribution in [2.45, 2.75) is 58.7 Å². The number of amides is 1. The van der Waals surface area contributed by atoms with Gasteiger partial charge < -0.3 is 10.1 Å². The molecule has 1 heterocycles. The van der Waals surface area contributed by atoms with Crippen LogP contribution in [0.3, 0.4) is 0 Å². The summed E-state index contributed by atoms with van der Waals surface area (Å²) in [6.45, 7) is 9.14. The minimum absolute atomic E-state index is 0.126. The largest absolute Gasteiger partial charge is 0.461 e. The van der Waals surface area contributed by atoms with Gasteiger partial charge >= 0.3 is 5.97 Å². The molecule has 22 heavy (non-hydrogen) atoms. The zero-order valence-corrected chi connectivity index (χ0v) is 13.8. The van der Waals surface area contributed by atoms with Gasteiger partial charge in [0.15, 0.2) is 0 Å². The number of carbonyl (C=O) groups excluding carboxylic acids is 2. The van der Waals surface area contributed by atoms with E-state index in [9.17, 15) is 9.59 Å². The van der Waals surface area contributed by atoms with E-state index in [1.54, 1.807) is 4.90 Å². The maximum atomic E-state index is 12.9. The van der Waals surface area contributed by atoms with Gasteiger partial charge in [-0.25, -0.2) is 4.79 Å². The zero-order valence-electron chi connectivity index (χ0n) is 13.8. The predicted molar refractivity (Wildman–Crippen MR) is 86.9 cm³/mol. The highest BCUT2D eigenvalue weighted by molar-refractivity contribution is 6.10. The Morgan fingerprint density at radius 2 is 1.95 bits per heavy atom. The minimum atomic E-state index is -0.764. The van der Waals surface area contributed by atoms with Crippen molar-refractivity contribution in [2.24, 2.45) is 0 Å². The van der Waals surface area contributed by atoms with E-state index in [0.717, 1.165) is 11.4 Å². The average molecular weight is 304 g/mol. The van der Waals surface area contributed by atoms with Crippen LogP contribution in [-0.2, 0) is 14.3 Å². The smallest absolute Gasteiger partial charge is 0.329 e. The number of para-hydroxylation sites is 2. The second kappa shape index (κ2) is 5.99. The molecule has 0 fully saturated rings. The van der Waals surface area contributed by atoms with E-state index in [1.165, 1.54) is 0 Å². The van der Waals surface area contributed by atoms with E-state index in [-0.39, 0.29) is 18.0 Å². The first kappa shape index (κ1) is 16.3. The fourth-order valence-electron chi connectivity index (χ4n) is 2.67. The van der Waals surface area contributed by atoms with Gasteiger partial charge in [-0.15, -0.1) is 0 Å². The summed E-state index contributed by atoms with van der Waals surface area (Å²) < 4.78 is 5.33. The number of benzene rings is 1. The summed E-state index contributed by atoms with van der Waals surface area (Å²) in [6, 6.07) is 6.91. The van der Waals surface area contributed by atoms with Gasteiger partial charge in [0.05, 0.1) is 17.5 Å². The second-order valence-electron chi connectivity index (χ2n) is 6.35. The summed E-state index contributed by atoms with van der Waals surface area (Å²) in [5.74, 6) is -0.489. The van der Waals surface area contributed by atoms with Crippen LogP contribution >= 0.6 is 0 Å². The molecule has 1 aromatic rings. The first-order chi connectivity index (χ1) is 10.3. The number of fused-ring (bicyclic) bond motifs is 1. The van der Waals surface area contributed by atoms with Crippen LogP contribution in [-0.4, -0.2) is 29.6 Å². The molecule has 1 aliphatic heterocycles. The molecule has 120 valence electrons. The van der Waals surface area contributed by atoms with E-state index in [4.69, 9.17) is 4.74 Å². The third kappa shape index (κ3) is 2.93. The molecule has 0 saturated carbocycles. The lowest BCUT2D eigenvalue weighted by Crippen LogP contribution is -2.59. The Morgan fingerprint density at radius 3 is 2.55 bits per heavy atom. The Labute approximate surface area is 131 Å². The molecule has 1 atom stereocenters. The number of esters is 1. The van der Waals surface area contributed by atoms with Gasteiger partial charge in [-0.05, 0) is 46.2 Å². The quantitative estimate of drug-likeness (QED) is 0.869. The molecule has 5 nitrogen and oxygen atoms in total. The molecular formula is C17H24N2O3. The highest BCUT2D eigenvalue weighted by atomic mass is 16.5. The van der Waals surface area contributed by atoms with Crippen molar-refractivity contribution in [3.63, 3.8) is 0 Å². The lowest BCUT2D eigenvalue weighted by atomic mass is 9.95. The number of hydrogen-bond donors (Lipinski definition) is 1. The van der Waals surface area contributed by atoms with E-state index >= 15 is 0 Å². The van der Waals surface area contributed by atoms with Crippen molar-refractivity contribution < 1.29 is 14.3 Å². The van der Waals surface area contributed by atoms with Crippen LogP contribution in [0.15, 0.2) is 24.3 Å². The van der Waals surface area contributed by atoms with Crippen LogP contribution < -0.4 is 10.2 Å². The van der Waals surface area contributed by atoms with Gasteiger partial charge in [0.1, 0.15) is 11.6 Å². The Bertz CT molecular complexity index is 581. The number of hydrogen-bond acceptors (Lipinski definition) is 4.